The minimum absolute atomic E-state index is 0.0861. The van der Waals surface area contributed by atoms with E-state index in [1.54, 1.807) is 12.1 Å². The Hall–Kier alpha value is -0.610. The van der Waals surface area contributed by atoms with E-state index < -0.39 is 5.41 Å². The largest absolute Gasteiger partial charge is 0.395 e. The maximum absolute atomic E-state index is 9.62. The first kappa shape index (κ1) is 15.4. The van der Waals surface area contributed by atoms with Gasteiger partial charge in [-0.05, 0) is 37.5 Å². The Balaban J connectivity index is 2.75. The summed E-state index contributed by atoms with van der Waals surface area (Å²) in [4.78, 5) is 0. The molecule has 0 aliphatic carbocycles. The molecule has 0 aliphatic rings. The van der Waals surface area contributed by atoms with Crippen LogP contribution in [0.1, 0.15) is 25.3 Å². The maximum atomic E-state index is 9.62. The Morgan fingerprint density at radius 2 is 1.78 bits per heavy atom. The van der Waals surface area contributed by atoms with Crippen molar-refractivity contribution < 1.29 is 14.9 Å². The molecule has 1 rings (SSSR count). The van der Waals surface area contributed by atoms with Crippen molar-refractivity contribution in [3.8, 4) is 0 Å². The van der Waals surface area contributed by atoms with Crippen molar-refractivity contribution in [1.82, 2.24) is 0 Å². The first-order chi connectivity index (χ1) is 8.68. The third kappa shape index (κ3) is 3.95. The van der Waals surface area contributed by atoms with Crippen molar-refractivity contribution >= 4 is 11.6 Å². The van der Waals surface area contributed by atoms with Crippen LogP contribution in [0.5, 0.6) is 0 Å². The third-order valence-electron chi connectivity index (χ3n) is 3.21. The SMILES string of the molecule is CCOCCCC(CO)(CO)c1ccc(Cl)cc1. The Morgan fingerprint density at radius 3 is 2.28 bits per heavy atom. The zero-order chi connectivity index (χ0) is 13.4. The van der Waals surface area contributed by atoms with Gasteiger partial charge in [0.05, 0.1) is 13.2 Å². The average molecular weight is 273 g/mol. The molecule has 0 saturated carbocycles. The minimum atomic E-state index is -0.609. The molecule has 0 saturated heterocycles. The van der Waals surface area contributed by atoms with Crippen LogP contribution in [0.3, 0.4) is 0 Å². The highest BCUT2D eigenvalue weighted by Crippen LogP contribution is 2.29. The minimum Gasteiger partial charge on any atom is -0.395 e. The van der Waals surface area contributed by atoms with Gasteiger partial charge in [-0.1, -0.05) is 23.7 Å². The van der Waals surface area contributed by atoms with Crippen molar-refractivity contribution in [1.29, 1.82) is 0 Å². The molecule has 0 radical (unpaired) electrons. The van der Waals surface area contributed by atoms with E-state index in [-0.39, 0.29) is 13.2 Å². The molecule has 3 nitrogen and oxygen atoms in total. The highest BCUT2D eigenvalue weighted by atomic mass is 35.5. The third-order valence-corrected chi connectivity index (χ3v) is 3.46. The zero-order valence-corrected chi connectivity index (χ0v) is 11.5. The summed E-state index contributed by atoms with van der Waals surface area (Å²) < 4.78 is 5.29. The van der Waals surface area contributed by atoms with E-state index in [1.165, 1.54) is 0 Å². The lowest BCUT2D eigenvalue weighted by Crippen LogP contribution is -2.35. The van der Waals surface area contributed by atoms with Crippen LogP contribution >= 0.6 is 11.6 Å². The smallest absolute Gasteiger partial charge is 0.0550 e. The predicted molar refractivity (Wildman–Crippen MR) is 73.0 cm³/mol. The number of hydrogen-bond acceptors (Lipinski definition) is 3. The number of aliphatic hydroxyl groups is 2. The molecule has 2 N–H and O–H groups in total. The fraction of sp³-hybridized carbons (Fsp3) is 0.571. The Bertz CT molecular complexity index is 333. The van der Waals surface area contributed by atoms with E-state index in [2.05, 4.69) is 0 Å². The van der Waals surface area contributed by atoms with E-state index in [4.69, 9.17) is 16.3 Å². The second-order valence-electron chi connectivity index (χ2n) is 4.40. The van der Waals surface area contributed by atoms with Crippen molar-refractivity contribution in [3.63, 3.8) is 0 Å². The van der Waals surface area contributed by atoms with Crippen molar-refractivity contribution in [2.75, 3.05) is 26.4 Å². The normalized spacial score (nSPS) is 11.8. The summed E-state index contributed by atoms with van der Waals surface area (Å²) in [5.74, 6) is 0. The molecule has 0 unspecified atom stereocenters. The van der Waals surface area contributed by atoms with Crippen LogP contribution in [0.2, 0.25) is 5.02 Å². The summed E-state index contributed by atoms with van der Waals surface area (Å²) in [5, 5.41) is 19.9. The Morgan fingerprint density at radius 1 is 1.17 bits per heavy atom. The molecule has 0 bridgehead atoms. The van der Waals surface area contributed by atoms with Gasteiger partial charge in [0.15, 0.2) is 0 Å². The predicted octanol–water partition coefficient (Wildman–Crippen LogP) is 2.38. The van der Waals surface area contributed by atoms with E-state index in [1.807, 2.05) is 19.1 Å². The quantitative estimate of drug-likeness (QED) is 0.715. The molecule has 0 amide bonds. The molecular formula is C14H21ClO3. The van der Waals surface area contributed by atoms with Gasteiger partial charge >= 0.3 is 0 Å². The zero-order valence-electron chi connectivity index (χ0n) is 10.7. The number of halogens is 1. The summed E-state index contributed by atoms with van der Waals surface area (Å²) in [6, 6.07) is 7.27. The molecule has 0 heterocycles. The molecule has 0 aliphatic heterocycles. The molecule has 4 heteroatoms. The van der Waals surface area contributed by atoms with Gasteiger partial charge in [-0.3, -0.25) is 0 Å². The van der Waals surface area contributed by atoms with Crippen LogP contribution in [-0.2, 0) is 10.2 Å². The highest BCUT2D eigenvalue weighted by molar-refractivity contribution is 6.30. The van der Waals surface area contributed by atoms with Gasteiger partial charge in [-0.2, -0.15) is 0 Å². The fourth-order valence-corrected chi connectivity index (χ4v) is 2.12. The fourth-order valence-electron chi connectivity index (χ4n) is 2.00. The second-order valence-corrected chi connectivity index (χ2v) is 4.84. The van der Waals surface area contributed by atoms with Crippen LogP contribution in [0.25, 0.3) is 0 Å². The van der Waals surface area contributed by atoms with Gasteiger partial charge < -0.3 is 14.9 Å². The molecule has 0 fully saturated rings. The Kier molecular flexibility index (Phi) is 6.65. The van der Waals surface area contributed by atoms with Crippen LogP contribution in [0.15, 0.2) is 24.3 Å². The van der Waals surface area contributed by atoms with E-state index in [0.29, 0.717) is 24.7 Å². The average Bonchev–Trinajstić information content (AvgIpc) is 2.41. The standard InChI is InChI=1S/C14H21ClO3/c1-2-18-9-3-8-14(10-16,11-17)12-4-6-13(15)7-5-12/h4-7,16-17H,2-3,8-11H2,1H3. The molecular weight excluding hydrogens is 252 g/mol. The van der Waals surface area contributed by atoms with Gasteiger partial charge in [0.2, 0.25) is 0 Å². The van der Waals surface area contributed by atoms with Gasteiger partial charge in [-0.25, -0.2) is 0 Å². The van der Waals surface area contributed by atoms with Gasteiger partial charge in [-0.15, -0.1) is 0 Å². The van der Waals surface area contributed by atoms with Gasteiger partial charge in [0.25, 0.3) is 0 Å². The summed E-state index contributed by atoms with van der Waals surface area (Å²) >= 11 is 5.85. The number of rotatable bonds is 8. The van der Waals surface area contributed by atoms with Gasteiger partial charge in [0.1, 0.15) is 0 Å². The van der Waals surface area contributed by atoms with Crippen LogP contribution in [-0.4, -0.2) is 36.6 Å². The molecule has 1 aromatic carbocycles. The summed E-state index contributed by atoms with van der Waals surface area (Å²) in [5.41, 5.74) is 0.301. The topological polar surface area (TPSA) is 49.7 Å². The molecule has 0 atom stereocenters. The van der Waals surface area contributed by atoms with E-state index in [0.717, 1.165) is 12.0 Å². The number of aliphatic hydroxyl groups excluding tert-OH is 2. The van der Waals surface area contributed by atoms with Gasteiger partial charge in [0, 0.05) is 23.7 Å². The molecule has 102 valence electrons. The van der Waals surface area contributed by atoms with E-state index >= 15 is 0 Å². The Labute approximate surface area is 113 Å². The molecule has 0 spiro atoms. The highest BCUT2D eigenvalue weighted by Gasteiger charge is 2.30. The monoisotopic (exact) mass is 272 g/mol. The molecule has 0 aromatic heterocycles. The lowest BCUT2D eigenvalue weighted by Gasteiger charge is -2.30. The van der Waals surface area contributed by atoms with Crippen molar-refractivity contribution in [2.45, 2.75) is 25.2 Å². The second kappa shape index (κ2) is 7.74. The lowest BCUT2D eigenvalue weighted by molar-refractivity contribution is 0.0892. The summed E-state index contributed by atoms with van der Waals surface area (Å²) in [7, 11) is 0. The summed E-state index contributed by atoms with van der Waals surface area (Å²) in [6.07, 6.45) is 1.49. The van der Waals surface area contributed by atoms with Crippen LogP contribution in [0.4, 0.5) is 0 Å². The molecule has 1 aromatic rings. The number of benzene rings is 1. The van der Waals surface area contributed by atoms with Crippen LogP contribution in [0, 0.1) is 0 Å². The lowest BCUT2D eigenvalue weighted by atomic mass is 9.78. The first-order valence-corrected chi connectivity index (χ1v) is 6.62. The molecule has 18 heavy (non-hydrogen) atoms. The summed E-state index contributed by atoms with van der Waals surface area (Å²) in [6.45, 7) is 3.11. The van der Waals surface area contributed by atoms with Crippen LogP contribution < -0.4 is 0 Å². The maximum Gasteiger partial charge on any atom is 0.0550 e. The van der Waals surface area contributed by atoms with Crippen molar-refractivity contribution in [3.05, 3.63) is 34.9 Å². The van der Waals surface area contributed by atoms with E-state index in [9.17, 15) is 10.2 Å². The first-order valence-electron chi connectivity index (χ1n) is 6.24. The number of hydrogen-bond donors (Lipinski definition) is 2. The number of ether oxygens (including phenoxy) is 1. The van der Waals surface area contributed by atoms with Crippen molar-refractivity contribution in [2.24, 2.45) is 0 Å².